The van der Waals surface area contributed by atoms with Gasteiger partial charge in [-0.3, -0.25) is 0 Å². The molecule has 4 aromatic carbocycles. The van der Waals surface area contributed by atoms with E-state index >= 15 is 0 Å². The summed E-state index contributed by atoms with van der Waals surface area (Å²) in [5, 5.41) is 2.05. The van der Waals surface area contributed by atoms with Gasteiger partial charge in [-0.15, -0.1) is 0 Å². The highest BCUT2D eigenvalue weighted by atomic mass is 32.2. The highest BCUT2D eigenvalue weighted by Gasteiger charge is 2.23. The molecule has 0 saturated heterocycles. The fourth-order valence-corrected chi connectivity index (χ4v) is 5.40. The average molecular weight is 413 g/mol. The van der Waals surface area contributed by atoms with Crippen LogP contribution in [0.25, 0.3) is 27.5 Å². The molecule has 0 aliphatic carbocycles. The molecule has 0 aliphatic rings. The summed E-state index contributed by atoms with van der Waals surface area (Å²) in [4.78, 5) is 0.551. The Morgan fingerprint density at radius 1 is 0.700 bits per heavy atom. The predicted molar refractivity (Wildman–Crippen MR) is 119 cm³/mol. The first-order chi connectivity index (χ1) is 14.6. The van der Waals surface area contributed by atoms with E-state index in [1.165, 1.54) is 0 Å². The number of methoxy groups -OCH3 is 1. The van der Waals surface area contributed by atoms with Crippen LogP contribution in [-0.2, 0) is 9.84 Å². The highest BCUT2D eigenvalue weighted by Crippen LogP contribution is 2.36. The maximum atomic E-state index is 13.5. The van der Waals surface area contributed by atoms with Gasteiger partial charge in [-0.05, 0) is 48.5 Å². The summed E-state index contributed by atoms with van der Waals surface area (Å²) in [7, 11) is -2.05. The maximum Gasteiger partial charge on any atom is 0.208 e. The van der Waals surface area contributed by atoms with E-state index in [9.17, 15) is 8.42 Å². The van der Waals surface area contributed by atoms with Gasteiger partial charge in [0.25, 0.3) is 0 Å². The van der Waals surface area contributed by atoms with Crippen molar-refractivity contribution in [2.45, 2.75) is 9.79 Å². The van der Waals surface area contributed by atoms with Crippen LogP contribution >= 0.6 is 0 Å². The number of aromatic nitrogens is 1. The smallest absolute Gasteiger partial charge is 0.208 e. The first kappa shape index (κ1) is 18.5. The molecular weight excluding hydrogens is 394 g/mol. The fourth-order valence-electron chi connectivity index (χ4n) is 3.93. The van der Waals surface area contributed by atoms with Crippen molar-refractivity contribution in [3.63, 3.8) is 0 Å². The molecule has 0 radical (unpaired) electrons. The quantitative estimate of drug-likeness (QED) is 0.384. The van der Waals surface area contributed by atoms with Crippen molar-refractivity contribution < 1.29 is 13.2 Å². The van der Waals surface area contributed by atoms with Gasteiger partial charge in [0.2, 0.25) is 9.84 Å². The molecule has 4 nitrogen and oxygen atoms in total. The van der Waals surface area contributed by atoms with Gasteiger partial charge in [-0.2, -0.15) is 0 Å². The molecule has 0 atom stereocenters. The van der Waals surface area contributed by atoms with Crippen molar-refractivity contribution in [2.75, 3.05) is 7.11 Å². The molecule has 5 aromatic rings. The van der Waals surface area contributed by atoms with Crippen LogP contribution < -0.4 is 4.74 Å². The van der Waals surface area contributed by atoms with E-state index in [1.807, 2.05) is 65.2 Å². The zero-order valence-electron chi connectivity index (χ0n) is 16.3. The standard InChI is InChI=1S/C25H19NO3S/c1-29-18-15-16-23-21(17-18)20-11-5-6-12-22(20)26(23)24-13-7-8-14-25(24)30(27,28)19-9-3-2-4-10-19/h2-17H,1H3. The summed E-state index contributed by atoms with van der Waals surface area (Å²) in [5.74, 6) is 0.760. The molecule has 30 heavy (non-hydrogen) atoms. The van der Waals surface area contributed by atoms with Gasteiger partial charge in [0.15, 0.2) is 0 Å². The van der Waals surface area contributed by atoms with Crippen LogP contribution in [0, 0.1) is 0 Å². The minimum Gasteiger partial charge on any atom is -0.497 e. The Hall–Kier alpha value is -3.57. The number of hydrogen-bond donors (Lipinski definition) is 0. The Bertz CT molecular complexity index is 1490. The van der Waals surface area contributed by atoms with Crippen LogP contribution in [0.15, 0.2) is 107 Å². The molecule has 0 unspecified atom stereocenters. The van der Waals surface area contributed by atoms with Crippen LogP contribution in [0.4, 0.5) is 0 Å². The third-order valence-electron chi connectivity index (χ3n) is 5.33. The highest BCUT2D eigenvalue weighted by molar-refractivity contribution is 7.91. The third kappa shape index (κ3) is 2.78. The van der Waals surface area contributed by atoms with E-state index in [0.717, 1.165) is 27.6 Å². The molecule has 5 rings (SSSR count). The number of sulfone groups is 1. The second kappa shape index (κ2) is 7.04. The Balaban J connectivity index is 1.87. The molecule has 0 amide bonds. The number of fused-ring (bicyclic) bond motifs is 3. The molecule has 0 spiro atoms. The van der Waals surface area contributed by atoms with Crippen molar-refractivity contribution >= 4 is 31.6 Å². The molecule has 0 fully saturated rings. The zero-order chi connectivity index (χ0) is 20.7. The molecule has 5 heteroatoms. The van der Waals surface area contributed by atoms with Gasteiger partial charge in [0.1, 0.15) is 5.75 Å². The second-order valence-electron chi connectivity index (χ2n) is 7.02. The largest absolute Gasteiger partial charge is 0.497 e. The third-order valence-corrected chi connectivity index (χ3v) is 7.15. The molecule has 1 aromatic heterocycles. The Labute approximate surface area is 174 Å². The minimum atomic E-state index is -3.69. The molecule has 0 aliphatic heterocycles. The van der Waals surface area contributed by atoms with Crippen LogP contribution in [-0.4, -0.2) is 20.1 Å². The number of para-hydroxylation sites is 2. The lowest BCUT2D eigenvalue weighted by molar-refractivity contribution is 0.415. The van der Waals surface area contributed by atoms with Crippen molar-refractivity contribution in [2.24, 2.45) is 0 Å². The van der Waals surface area contributed by atoms with Gasteiger partial charge in [-0.25, -0.2) is 8.42 Å². The van der Waals surface area contributed by atoms with E-state index in [2.05, 4.69) is 0 Å². The summed E-state index contributed by atoms with van der Waals surface area (Å²) in [6, 6.07) is 29.5. The summed E-state index contributed by atoms with van der Waals surface area (Å²) < 4.78 is 34.4. The van der Waals surface area contributed by atoms with E-state index in [4.69, 9.17) is 4.74 Å². The molecular formula is C25H19NO3S. The second-order valence-corrected chi connectivity index (χ2v) is 8.94. The summed E-state index contributed by atoms with van der Waals surface area (Å²) >= 11 is 0. The minimum absolute atomic E-state index is 0.273. The van der Waals surface area contributed by atoms with Crippen molar-refractivity contribution in [3.8, 4) is 11.4 Å². The number of benzene rings is 4. The number of hydrogen-bond acceptors (Lipinski definition) is 3. The molecule has 0 saturated carbocycles. The summed E-state index contributed by atoms with van der Waals surface area (Å²) in [6.07, 6.45) is 0. The topological polar surface area (TPSA) is 48.3 Å². The maximum absolute atomic E-state index is 13.5. The number of ether oxygens (including phenoxy) is 1. The summed E-state index contributed by atoms with van der Waals surface area (Å²) in [5.41, 5.74) is 2.49. The normalized spacial score (nSPS) is 11.8. The molecule has 0 N–H and O–H groups in total. The fraction of sp³-hybridized carbons (Fsp3) is 0.0400. The molecule has 0 bridgehead atoms. The van der Waals surface area contributed by atoms with Gasteiger partial charge in [-0.1, -0.05) is 48.5 Å². The zero-order valence-corrected chi connectivity index (χ0v) is 17.1. The average Bonchev–Trinajstić information content (AvgIpc) is 3.13. The predicted octanol–water partition coefficient (Wildman–Crippen LogP) is 5.63. The molecule has 1 heterocycles. The van der Waals surface area contributed by atoms with Crippen LogP contribution in [0.3, 0.4) is 0 Å². The lowest BCUT2D eigenvalue weighted by Gasteiger charge is -2.14. The SMILES string of the molecule is COc1ccc2c(c1)c1ccccc1n2-c1ccccc1S(=O)(=O)c1ccccc1. The Kier molecular flexibility index (Phi) is 4.33. The first-order valence-corrected chi connectivity index (χ1v) is 11.1. The van der Waals surface area contributed by atoms with E-state index in [1.54, 1.807) is 43.5 Å². The van der Waals surface area contributed by atoms with Crippen LogP contribution in [0.1, 0.15) is 0 Å². The lowest BCUT2D eigenvalue weighted by Crippen LogP contribution is -2.07. The van der Waals surface area contributed by atoms with E-state index in [0.29, 0.717) is 5.69 Å². The Morgan fingerprint density at radius 3 is 2.17 bits per heavy atom. The van der Waals surface area contributed by atoms with Crippen molar-refractivity contribution in [1.82, 2.24) is 4.57 Å². The van der Waals surface area contributed by atoms with Gasteiger partial charge in [0.05, 0.1) is 33.6 Å². The first-order valence-electron chi connectivity index (χ1n) is 9.58. The monoisotopic (exact) mass is 413 g/mol. The van der Waals surface area contributed by atoms with Gasteiger partial charge >= 0.3 is 0 Å². The molecule has 148 valence electrons. The van der Waals surface area contributed by atoms with E-state index < -0.39 is 9.84 Å². The van der Waals surface area contributed by atoms with Crippen molar-refractivity contribution in [1.29, 1.82) is 0 Å². The number of rotatable bonds is 4. The van der Waals surface area contributed by atoms with Crippen molar-refractivity contribution in [3.05, 3.63) is 97.1 Å². The van der Waals surface area contributed by atoms with Crippen LogP contribution in [0.5, 0.6) is 5.75 Å². The lowest BCUT2D eigenvalue weighted by atomic mass is 10.1. The number of nitrogens with zero attached hydrogens (tertiary/aromatic N) is 1. The van der Waals surface area contributed by atoms with Gasteiger partial charge < -0.3 is 9.30 Å². The van der Waals surface area contributed by atoms with Gasteiger partial charge in [0, 0.05) is 10.8 Å². The Morgan fingerprint density at radius 2 is 1.37 bits per heavy atom. The van der Waals surface area contributed by atoms with Crippen LogP contribution in [0.2, 0.25) is 0 Å². The van der Waals surface area contributed by atoms with E-state index in [-0.39, 0.29) is 9.79 Å². The summed E-state index contributed by atoms with van der Waals surface area (Å²) in [6.45, 7) is 0.